The summed E-state index contributed by atoms with van der Waals surface area (Å²) in [6.07, 6.45) is 7.64. The molecule has 0 unspecified atom stereocenters. The van der Waals surface area contributed by atoms with Crippen molar-refractivity contribution in [2.24, 2.45) is 0 Å². The van der Waals surface area contributed by atoms with Crippen LogP contribution in [0.4, 0.5) is 0 Å². The third kappa shape index (κ3) is 34.2. The second-order valence-corrected chi connectivity index (χ2v) is 12.7. The molecule has 0 saturated carbocycles. The molecular weight excluding hydrogens is 688 g/mol. The van der Waals surface area contributed by atoms with Crippen LogP contribution in [0.1, 0.15) is 45.4 Å². The maximum atomic E-state index is 12.0. The second-order valence-electron chi connectivity index (χ2n) is 11.1. The highest BCUT2D eigenvalue weighted by Gasteiger charge is 2.13. The first-order valence-corrected chi connectivity index (χ1v) is 19.9. The van der Waals surface area contributed by atoms with Crippen LogP contribution in [0.2, 0.25) is 0 Å². The van der Waals surface area contributed by atoms with E-state index in [-0.39, 0.29) is 18.1 Å². The van der Waals surface area contributed by atoms with Crippen molar-refractivity contribution in [2.45, 2.75) is 50.3 Å². The smallest absolute Gasteiger partial charge is 0.297 e. The lowest BCUT2D eigenvalue weighted by atomic mass is 10.1. The van der Waals surface area contributed by atoms with Crippen LogP contribution in [0.25, 0.3) is 0 Å². The molecule has 51 heavy (non-hydrogen) atoms. The van der Waals surface area contributed by atoms with E-state index in [0.717, 1.165) is 13.0 Å². The van der Waals surface area contributed by atoms with Gasteiger partial charge < -0.3 is 52.1 Å². The van der Waals surface area contributed by atoms with Crippen LogP contribution in [-0.4, -0.2) is 160 Å². The summed E-state index contributed by atoms with van der Waals surface area (Å²) in [7, 11) is -3.76. The van der Waals surface area contributed by atoms with E-state index in [0.29, 0.717) is 132 Å². The standard InChI is InChI=1S/C36H66O14S/c1-2-3-4-5-6-10-13-39-14-15-40-16-17-41-18-19-42-20-21-43-22-23-44-24-25-45-26-27-46-28-29-47-30-31-48-32-33-49-34-35-50-51(37,38)36-11-8-7-9-12-36/h7-9,11-12H,2-6,10,13-35H2,1H3. The van der Waals surface area contributed by atoms with Gasteiger partial charge in [-0.25, -0.2) is 0 Å². The van der Waals surface area contributed by atoms with E-state index in [9.17, 15) is 8.42 Å². The fraction of sp³-hybridized carbons (Fsp3) is 0.833. The molecule has 0 radical (unpaired) electrons. The minimum absolute atomic E-state index is 0.0576. The van der Waals surface area contributed by atoms with Gasteiger partial charge in [-0.2, -0.15) is 8.42 Å². The SMILES string of the molecule is CCCCCCCCOCCOCCOCCOCCOCCOCCOCCOCCOCCOCCOCCOS(=O)(=O)c1ccccc1. The molecule has 15 heteroatoms. The quantitative estimate of drug-likeness (QED) is 0.0702. The van der Waals surface area contributed by atoms with Crippen LogP contribution >= 0.6 is 0 Å². The second kappa shape index (κ2) is 38.4. The van der Waals surface area contributed by atoms with E-state index >= 15 is 0 Å². The van der Waals surface area contributed by atoms with Gasteiger partial charge in [0.1, 0.15) is 0 Å². The van der Waals surface area contributed by atoms with Crippen LogP contribution in [-0.2, 0) is 66.4 Å². The van der Waals surface area contributed by atoms with Gasteiger partial charge in [0.15, 0.2) is 0 Å². The molecule has 0 saturated heterocycles. The van der Waals surface area contributed by atoms with Crippen molar-refractivity contribution in [3.63, 3.8) is 0 Å². The third-order valence-corrected chi connectivity index (χ3v) is 8.19. The maximum absolute atomic E-state index is 12.0. The van der Waals surface area contributed by atoms with Crippen molar-refractivity contribution in [3.05, 3.63) is 30.3 Å². The fourth-order valence-electron chi connectivity index (χ4n) is 4.14. The average molecular weight is 755 g/mol. The lowest BCUT2D eigenvalue weighted by Gasteiger charge is -2.09. The summed E-state index contributed by atoms with van der Waals surface area (Å²) in [5.41, 5.74) is 0. The lowest BCUT2D eigenvalue weighted by molar-refractivity contribution is -0.0277. The fourth-order valence-corrected chi connectivity index (χ4v) is 5.06. The van der Waals surface area contributed by atoms with Gasteiger partial charge >= 0.3 is 0 Å². The van der Waals surface area contributed by atoms with E-state index in [1.54, 1.807) is 18.2 Å². The summed E-state index contributed by atoms with van der Waals surface area (Å²) in [6, 6.07) is 7.99. The predicted octanol–water partition coefficient (Wildman–Crippen LogP) is 3.94. The average Bonchev–Trinajstić information content (AvgIpc) is 3.14. The molecule has 1 rings (SSSR count). The number of rotatable bonds is 42. The van der Waals surface area contributed by atoms with Crippen molar-refractivity contribution in [1.82, 2.24) is 0 Å². The zero-order valence-corrected chi connectivity index (χ0v) is 31.8. The van der Waals surface area contributed by atoms with Crippen molar-refractivity contribution in [2.75, 3.05) is 152 Å². The summed E-state index contributed by atoms with van der Waals surface area (Å²) in [5.74, 6) is 0. The Morgan fingerprint density at radius 3 is 0.961 bits per heavy atom. The molecule has 1 aromatic carbocycles. The molecule has 0 spiro atoms. The summed E-state index contributed by atoms with van der Waals surface area (Å²) in [4.78, 5) is 0.121. The van der Waals surface area contributed by atoms with Gasteiger partial charge in [0.05, 0.1) is 150 Å². The number of ether oxygens (including phenoxy) is 11. The summed E-state index contributed by atoms with van der Waals surface area (Å²) >= 11 is 0. The molecule has 0 aliphatic rings. The Hall–Kier alpha value is -1.31. The zero-order valence-electron chi connectivity index (χ0n) is 31.0. The number of hydrogen-bond acceptors (Lipinski definition) is 14. The predicted molar refractivity (Wildman–Crippen MR) is 192 cm³/mol. The van der Waals surface area contributed by atoms with Gasteiger partial charge in [0, 0.05) is 6.61 Å². The largest absolute Gasteiger partial charge is 0.379 e. The molecule has 0 aliphatic heterocycles. The molecule has 0 aromatic heterocycles. The van der Waals surface area contributed by atoms with E-state index in [1.165, 1.54) is 44.2 Å². The van der Waals surface area contributed by atoms with Crippen LogP contribution < -0.4 is 0 Å². The Labute approximate surface area is 307 Å². The maximum Gasteiger partial charge on any atom is 0.297 e. The zero-order chi connectivity index (χ0) is 36.6. The van der Waals surface area contributed by atoms with E-state index in [2.05, 4.69) is 6.92 Å². The monoisotopic (exact) mass is 754 g/mol. The van der Waals surface area contributed by atoms with E-state index < -0.39 is 10.1 Å². The first kappa shape index (κ1) is 47.7. The molecule has 300 valence electrons. The Morgan fingerprint density at radius 2 is 0.627 bits per heavy atom. The summed E-state index contributed by atoms with van der Waals surface area (Å²) < 4.78 is 89.1. The first-order valence-electron chi connectivity index (χ1n) is 18.5. The number of benzene rings is 1. The van der Waals surface area contributed by atoms with Crippen molar-refractivity contribution < 1.29 is 64.7 Å². The van der Waals surface area contributed by atoms with Crippen molar-refractivity contribution in [1.29, 1.82) is 0 Å². The Morgan fingerprint density at radius 1 is 0.353 bits per heavy atom. The lowest BCUT2D eigenvalue weighted by Crippen LogP contribution is -2.16. The molecular formula is C36H66O14S. The Bertz CT molecular complexity index is 926. The van der Waals surface area contributed by atoms with Crippen LogP contribution in [0.5, 0.6) is 0 Å². The Kier molecular flexibility index (Phi) is 35.9. The minimum Gasteiger partial charge on any atom is -0.379 e. The molecule has 0 atom stereocenters. The van der Waals surface area contributed by atoms with Gasteiger partial charge in [0.25, 0.3) is 10.1 Å². The highest BCUT2D eigenvalue weighted by Crippen LogP contribution is 2.10. The van der Waals surface area contributed by atoms with Gasteiger partial charge in [0.2, 0.25) is 0 Å². The summed E-state index contributed by atoms with van der Waals surface area (Å²) in [6.45, 7) is 13.0. The van der Waals surface area contributed by atoms with Crippen molar-refractivity contribution >= 4 is 10.1 Å². The highest BCUT2D eigenvalue weighted by atomic mass is 32.2. The summed E-state index contributed by atoms with van der Waals surface area (Å²) in [5, 5.41) is 0. The van der Waals surface area contributed by atoms with Crippen molar-refractivity contribution in [3.8, 4) is 0 Å². The molecule has 0 heterocycles. The highest BCUT2D eigenvalue weighted by molar-refractivity contribution is 7.86. The molecule has 0 fully saturated rings. The van der Waals surface area contributed by atoms with Crippen LogP contribution in [0.15, 0.2) is 35.2 Å². The number of unbranched alkanes of at least 4 members (excludes halogenated alkanes) is 5. The van der Waals surface area contributed by atoms with Gasteiger partial charge in [-0.15, -0.1) is 0 Å². The van der Waals surface area contributed by atoms with Crippen LogP contribution in [0, 0.1) is 0 Å². The molecule has 0 amide bonds. The molecule has 0 N–H and O–H groups in total. The molecule has 0 aliphatic carbocycles. The van der Waals surface area contributed by atoms with Gasteiger partial charge in [-0.1, -0.05) is 57.2 Å². The number of hydrogen-bond donors (Lipinski definition) is 0. The normalized spacial score (nSPS) is 11.9. The third-order valence-electron chi connectivity index (χ3n) is 6.86. The molecule has 14 nitrogen and oxygen atoms in total. The van der Waals surface area contributed by atoms with Gasteiger partial charge in [-0.3, -0.25) is 4.18 Å². The topological polar surface area (TPSA) is 145 Å². The van der Waals surface area contributed by atoms with E-state index in [4.69, 9.17) is 56.3 Å². The van der Waals surface area contributed by atoms with Crippen LogP contribution in [0.3, 0.4) is 0 Å². The molecule has 0 bridgehead atoms. The van der Waals surface area contributed by atoms with E-state index in [1.807, 2.05) is 0 Å². The first-order chi connectivity index (χ1) is 25.2. The Balaban J connectivity index is 1.64. The van der Waals surface area contributed by atoms with Gasteiger partial charge in [-0.05, 0) is 18.6 Å². The molecule has 1 aromatic rings. The minimum atomic E-state index is -3.76.